The quantitative estimate of drug-likeness (QED) is 0.859. The van der Waals surface area contributed by atoms with Gasteiger partial charge in [-0.25, -0.2) is 0 Å². The molecule has 1 aliphatic heterocycles. The predicted molar refractivity (Wildman–Crippen MR) is 85.2 cm³/mol. The Balaban J connectivity index is 1.83. The summed E-state index contributed by atoms with van der Waals surface area (Å²) >= 11 is 0. The summed E-state index contributed by atoms with van der Waals surface area (Å²) in [5.41, 5.74) is 0.255. The SMILES string of the molecule is CN1CCN(CCOc2ccccc2NC(=O)CC(F)(F)F)CC1. The zero-order valence-corrected chi connectivity index (χ0v) is 13.6. The van der Waals surface area contributed by atoms with Gasteiger partial charge >= 0.3 is 6.18 Å². The molecule has 1 aliphatic rings. The van der Waals surface area contributed by atoms with Crippen molar-refractivity contribution in [3.05, 3.63) is 24.3 Å². The van der Waals surface area contributed by atoms with Crippen LogP contribution in [0.3, 0.4) is 0 Å². The molecular weight excluding hydrogens is 323 g/mol. The summed E-state index contributed by atoms with van der Waals surface area (Å²) in [5.74, 6) is -0.722. The molecule has 0 spiro atoms. The molecule has 8 heteroatoms. The number of benzene rings is 1. The Morgan fingerprint density at radius 1 is 1.21 bits per heavy atom. The second kappa shape index (κ2) is 8.34. The summed E-state index contributed by atoms with van der Waals surface area (Å²) in [5, 5.41) is 2.26. The third-order valence-corrected chi connectivity index (χ3v) is 3.78. The van der Waals surface area contributed by atoms with E-state index in [0.29, 0.717) is 12.4 Å². The summed E-state index contributed by atoms with van der Waals surface area (Å²) in [7, 11) is 2.08. The van der Waals surface area contributed by atoms with Crippen molar-refractivity contribution >= 4 is 11.6 Å². The van der Waals surface area contributed by atoms with E-state index in [0.717, 1.165) is 32.7 Å². The number of piperazine rings is 1. The number of carbonyl (C=O) groups is 1. The van der Waals surface area contributed by atoms with Gasteiger partial charge in [-0.2, -0.15) is 13.2 Å². The van der Waals surface area contributed by atoms with Gasteiger partial charge in [0.2, 0.25) is 5.91 Å². The van der Waals surface area contributed by atoms with Crippen LogP contribution in [0, 0.1) is 0 Å². The molecule has 134 valence electrons. The highest BCUT2D eigenvalue weighted by Crippen LogP contribution is 2.26. The van der Waals surface area contributed by atoms with E-state index in [-0.39, 0.29) is 5.69 Å². The molecule has 0 aliphatic carbocycles. The molecule has 1 fully saturated rings. The van der Waals surface area contributed by atoms with Gasteiger partial charge in [-0.15, -0.1) is 0 Å². The molecule has 1 aromatic carbocycles. The number of ether oxygens (including phenoxy) is 1. The Morgan fingerprint density at radius 2 is 1.88 bits per heavy atom. The lowest BCUT2D eigenvalue weighted by Gasteiger charge is -2.32. The van der Waals surface area contributed by atoms with Crippen LogP contribution in [0.25, 0.3) is 0 Å². The summed E-state index contributed by atoms with van der Waals surface area (Å²) in [6, 6.07) is 6.51. The summed E-state index contributed by atoms with van der Waals surface area (Å²) in [6.07, 6.45) is -6.04. The van der Waals surface area contributed by atoms with Crippen molar-refractivity contribution in [2.75, 3.05) is 51.7 Å². The minimum absolute atomic E-state index is 0.255. The van der Waals surface area contributed by atoms with Crippen molar-refractivity contribution in [2.45, 2.75) is 12.6 Å². The first-order chi connectivity index (χ1) is 11.3. The Bertz CT molecular complexity index is 544. The number of amides is 1. The second-order valence-electron chi connectivity index (χ2n) is 5.83. The van der Waals surface area contributed by atoms with Gasteiger partial charge in [0, 0.05) is 32.7 Å². The van der Waals surface area contributed by atoms with E-state index >= 15 is 0 Å². The molecule has 1 amide bonds. The summed E-state index contributed by atoms with van der Waals surface area (Å²) in [4.78, 5) is 16.0. The molecule has 1 saturated heterocycles. The number of alkyl halides is 3. The first kappa shape index (κ1) is 18.5. The number of hydrogen-bond acceptors (Lipinski definition) is 4. The van der Waals surface area contributed by atoms with Crippen molar-refractivity contribution < 1.29 is 22.7 Å². The van der Waals surface area contributed by atoms with Crippen LogP contribution in [-0.2, 0) is 4.79 Å². The van der Waals surface area contributed by atoms with E-state index in [1.165, 1.54) is 6.07 Å². The van der Waals surface area contributed by atoms with E-state index in [9.17, 15) is 18.0 Å². The van der Waals surface area contributed by atoms with Crippen LogP contribution in [0.2, 0.25) is 0 Å². The minimum Gasteiger partial charge on any atom is -0.490 e. The lowest BCUT2D eigenvalue weighted by atomic mass is 10.2. The van der Waals surface area contributed by atoms with Crippen LogP contribution in [0.15, 0.2) is 24.3 Å². The number of hydrogen-bond donors (Lipinski definition) is 1. The van der Waals surface area contributed by atoms with Crippen molar-refractivity contribution in [1.82, 2.24) is 9.80 Å². The predicted octanol–water partition coefficient (Wildman–Crippen LogP) is 2.20. The molecular formula is C16H22F3N3O2. The van der Waals surface area contributed by atoms with Crippen molar-refractivity contribution in [3.8, 4) is 5.75 Å². The van der Waals surface area contributed by atoms with Crippen molar-refractivity contribution in [1.29, 1.82) is 0 Å². The van der Waals surface area contributed by atoms with Crippen LogP contribution in [0.1, 0.15) is 6.42 Å². The van der Waals surface area contributed by atoms with Gasteiger partial charge in [-0.1, -0.05) is 12.1 Å². The fourth-order valence-electron chi connectivity index (χ4n) is 2.43. The summed E-state index contributed by atoms with van der Waals surface area (Å²) in [6.45, 7) is 5.08. The molecule has 0 bridgehead atoms. The number of likely N-dealkylation sites (N-methyl/N-ethyl adjacent to an activating group) is 1. The number of halogens is 3. The van der Waals surface area contributed by atoms with Gasteiger partial charge in [-0.3, -0.25) is 9.69 Å². The number of anilines is 1. The zero-order valence-electron chi connectivity index (χ0n) is 13.6. The highest BCUT2D eigenvalue weighted by atomic mass is 19.4. The first-order valence-electron chi connectivity index (χ1n) is 7.83. The lowest BCUT2D eigenvalue weighted by molar-refractivity contribution is -0.150. The molecule has 0 aromatic heterocycles. The molecule has 1 aromatic rings. The van der Waals surface area contributed by atoms with Gasteiger partial charge in [0.25, 0.3) is 0 Å². The highest BCUT2D eigenvalue weighted by molar-refractivity contribution is 5.92. The van der Waals surface area contributed by atoms with Gasteiger partial charge < -0.3 is 15.0 Å². The standard InChI is InChI=1S/C16H22F3N3O2/c1-21-6-8-22(9-7-21)10-11-24-14-5-3-2-4-13(14)20-15(23)12-16(17,18)19/h2-5H,6-12H2,1H3,(H,20,23). The average molecular weight is 345 g/mol. The Hall–Kier alpha value is -1.80. The van der Waals surface area contributed by atoms with Crippen LogP contribution >= 0.6 is 0 Å². The van der Waals surface area contributed by atoms with Crippen LogP contribution in [-0.4, -0.2) is 68.3 Å². The van der Waals surface area contributed by atoms with Gasteiger partial charge in [0.15, 0.2) is 0 Å². The van der Waals surface area contributed by atoms with Crippen LogP contribution < -0.4 is 10.1 Å². The van der Waals surface area contributed by atoms with E-state index < -0.39 is 18.5 Å². The normalized spacial score (nSPS) is 16.8. The monoisotopic (exact) mass is 345 g/mol. The second-order valence-corrected chi connectivity index (χ2v) is 5.83. The summed E-state index contributed by atoms with van der Waals surface area (Å²) < 4.78 is 42.4. The zero-order chi connectivity index (χ0) is 17.6. The highest BCUT2D eigenvalue weighted by Gasteiger charge is 2.31. The van der Waals surface area contributed by atoms with E-state index in [1.54, 1.807) is 18.2 Å². The molecule has 0 saturated carbocycles. The van der Waals surface area contributed by atoms with E-state index in [2.05, 4.69) is 22.2 Å². The molecule has 5 nitrogen and oxygen atoms in total. The number of rotatable bonds is 6. The van der Waals surface area contributed by atoms with E-state index in [1.807, 2.05) is 0 Å². The smallest absolute Gasteiger partial charge is 0.397 e. The largest absolute Gasteiger partial charge is 0.490 e. The molecule has 0 radical (unpaired) electrons. The molecule has 0 atom stereocenters. The maximum absolute atomic E-state index is 12.2. The van der Waals surface area contributed by atoms with Crippen molar-refractivity contribution in [2.24, 2.45) is 0 Å². The molecule has 1 heterocycles. The maximum Gasteiger partial charge on any atom is 0.397 e. The first-order valence-corrected chi connectivity index (χ1v) is 7.83. The number of nitrogens with one attached hydrogen (secondary N) is 1. The van der Waals surface area contributed by atoms with Crippen LogP contribution in [0.4, 0.5) is 18.9 Å². The fraction of sp³-hybridized carbons (Fsp3) is 0.562. The lowest BCUT2D eigenvalue weighted by Crippen LogP contribution is -2.45. The minimum atomic E-state index is -4.53. The van der Waals surface area contributed by atoms with Gasteiger partial charge in [0.05, 0.1) is 5.69 Å². The Labute approximate surface area is 139 Å². The third-order valence-electron chi connectivity index (χ3n) is 3.78. The molecule has 2 rings (SSSR count). The van der Waals surface area contributed by atoms with Gasteiger partial charge in [-0.05, 0) is 19.2 Å². The molecule has 1 N–H and O–H groups in total. The number of carbonyl (C=O) groups excluding carboxylic acids is 1. The number of para-hydroxylation sites is 2. The maximum atomic E-state index is 12.2. The molecule has 24 heavy (non-hydrogen) atoms. The average Bonchev–Trinajstić information content (AvgIpc) is 2.49. The number of nitrogens with zero attached hydrogens (tertiary/aromatic N) is 2. The topological polar surface area (TPSA) is 44.8 Å². The fourth-order valence-corrected chi connectivity index (χ4v) is 2.43. The molecule has 0 unspecified atom stereocenters. The van der Waals surface area contributed by atoms with E-state index in [4.69, 9.17) is 4.74 Å². The Kier molecular flexibility index (Phi) is 6.44. The van der Waals surface area contributed by atoms with Crippen molar-refractivity contribution in [3.63, 3.8) is 0 Å². The van der Waals surface area contributed by atoms with Gasteiger partial charge in [0.1, 0.15) is 18.8 Å². The Morgan fingerprint density at radius 3 is 2.54 bits per heavy atom. The van der Waals surface area contributed by atoms with Crippen LogP contribution in [0.5, 0.6) is 5.75 Å². The third kappa shape index (κ3) is 6.37.